The quantitative estimate of drug-likeness (QED) is 0.546. The van der Waals surface area contributed by atoms with Gasteiger partial charge in [0.25, 0.3) is 0 Å². The van der Waals surface area contributed by atoms with Crippen LogP contribution in [0.25, 0.3) is 0 Å². The maximum Gasteiger partial charge on any atom is 0.355 e. The summed E-state index contributed by atoms with van der Waals surface area (Å²) in [6.07, 6.45) is 6.55. The van der Waals surface area contributed by atoms with Crippen LogP contribution in [0.5, 0.6) is 11.5 Å². The SMILES string of the molecule is CCOc1cc(N2C=CC=CC(C(=O)OC)=C2C(=O)OC)c(OCC)cc1N1CCOCC1. The number of rotatable bonds is 8. The topological polar surface area (TPSA) is 86.8 Å². The molecule has 1 aromatic carbocycles. The van der Waals surface area contributed by atoms with Gasteiger partial charge in [0.05, 0.1) is 57.6 Å². The Morgan fingerprint density at radius 1 is 0.909 bits per heavy atom. The van der Waals surface area contributed by atoms with Gasteiger partial charge in [-0.3, -0.25) is 0 Å². The van der Waals surface area contributed by atoms with Crippen molar-refractivity contribution in [1.82, 2.24) is 0 Å². The second-order valence-corrected chi connectivity index (χ2v) is 7.07. The smallest absolute Gasteiger partial charge is 0.355 e. The molecule has 9 heteroatoms. The van der Waals surface area contributed by atoms with E-state index in [1.54, 1.807) is 23.3 Å². The minimum atomic E-state index is -0.690. The van der Waals surface area contributed by atoms with Crippen molar-refractivity contribution in [3.05, 3.63) is 47.8 Å². The molecule has 0 unspecified atom stereocenters. The molecule has 0 saturated carbocycles. The number of nitrogens with zero attached hydrogens (tertiary/aromatic N) is 2. The summed E-state index contributed by atoms with van der Waals surface area (Å²) < 4.78 is 27.4. The molecule has 0 amide bonds. The first-order valence-electron chi connectivity index (χ1n) is 10.9. The molecule has 0 aliphatic carbocycles. The van der Waals surface area contributed by atoms with Gasteiger partial charge in [-0.25, -0.2) is 9.59 Å². The van der Waals surface area contributed by atoms with Gasteiger partial charge in [0.2, 0.25) is 0 Å². The molecule has 2 aliphatic rings. The highest BCUT2D eigenvalue weighted by Gasteiger charge is 2.30. The number of benzene rings is 1. The average Bonchev–Trinajstić information content (AvgIpc) is 3.07. The average molecular weight is 459 g/mol. The van der Waals surface area contributed by atoms with Crippen LogP contribution in [-0.4, -0.2) is 65.7 Å². The maximum absolute atomic E-state index is 12.8. The lowest BCUT2D eigenvalue weighted by Crippen LogP contribution is -2.36. The molecule has 3 rings (SSSR count). The van der Waals surface area contributed by atoms with Crippen LogP contribution in [0.4, 0.5) is 11.4 Å². The fourth-order valence-electron chi connectivity index (χ4n) is 3.67. The van der Waals surface area contributed by atoms with Crippen molar-refractivity contribution >= 4 is 23.3 Å². The molecule has 178 valence electrons. The second kappa shape index (κ2) is 11.4. The Bertz CT molecular complexity index is 962. The predicted octanol–water partition coefficient (Wildman–Crippen LogP) is 2.81. The molecule has 9 nitrogen and oxygen atoms in total. The van der Waals surface area contributed by atoms with Gasteiger partial charge in [-0.05, 0) is 26.0 Å². The van der Waals surface area contributed by atoms with E-state index in [9.17, 15) is 9.59 Å². The van der Waals surface area contributed by atoms with E-state index in [1.165, 1.54) is 20.3 Å². The molecule has 0 spiro atoms. The van der Waals surface area contributed by atoms with Gasteiger partial charge in [0, 0.05) is 31.4 Å². The van der Waals surface area contributed by atoms with Crippen LogP contribution in [0.15, 0.2) is 47.8 Å². The molecule has 1 saturated heterocycles. The van der Waals surface area contributed by atoms with Crippen LogP contribution in [0.1, 0.15) is 13.8 Å². The molecule has 1 fully saturated rings. The van der Waals surface area contributed by atoms with Gasteiger partial charge in [-0.15, -0.1) is 0 Å². The number of methoxy groups -OCH3 is 2. The summed E-state index contributed by atoms with van der Waals surface area (Å²) in [6, 6.07) is 3.71. The van der Waals surface area contributed by atoms with Gasteiger partial charge in [-0.1, -0.05) is 6.08 Å². The number of hydrogen-bond acceptors (Lipinski definition) is 9. The number of morpholine rings is 1. The van der Waals surface area contributed by atoms with Crippen molar-refractivity contribution in [1.29, 1.82) is 0 Å². The second-order valence-electron chi connectivity index (χ2n) is 7.07. The molecule has 2 aliphatic heterocycles. The Balaban J connectivity index is 2.22. The number of ether oxygens (including phenoxy) is 5. The van der Waals surface area contributed by atoms with Crippen LogP contribution in [0.3, 0.4) is 0 Å². The summed E-state index contributed by atoms with van der Waals surface area (Å²) in [7, 11) is 2.52. The fraction of sp³-hybridized carbons (Fsp3) is 0.417. The number of carbonyl (C=O) groups excluding carboxylic acids is 2. The highest BCUT2D eigenvalue weighted by Crippen LogP contribution is 2.43. The van der Waals surface area contributed by atoms with E-state index < -0.39 is 11.9 Å². The van der Waals surface area contributed by atoms with Crippen molar-refractivity contribution < 1.29 is 33.3 Å². The van der Waals surface area contributed by atoms with Gasteiger partial charge >= 0.3 is 11.9 Å². The van der Waals surface area contributed by atoms with Gasteiger partial charge < -0.3 is 33.5 Å². The highest BCUT2D eigenvalue weighted by molar-refractivity contribution is 6.05. The van der Waals surface area contributed by atoms with Gasteiger partial charge in [0.1, 0.15) is 17.2 Å². The molecule has 33 heavy (non-hydrogen) atoms. The van der Waals surface area contributed by atoms with Crippen LogP contribution >= 0.6 is 0 Å². The summed E-state index contributed by atoms with van der Waals surface area (Å²) in [5.74, 6) is -0.190. The van der Waals surface area contributed by atoms with Gasteiger partial charge in [-0.2, -0.15) is 0 Å². The number of carbonyl (C=O) groups is 2. The summed E-state index contributed by atoms with van der Waals surface area (Å²) >= 11 is 0. The number of anilines is 2. The zero-order valence-electron chi connectivity index (χ0n) is 19.5. The van der Waals surface area contributed by atoms with E-state index in [4.69, 9.17) is 23.7 Å². The first-order chi connectivity index (χ1) is 16.0. The lowest BCUT2D eigenvalue weighted by atomic mass is 10.1. The third kappa shape index (κ3) is 5.31. The zero-order valence-corrected chi connectivity index (χ0v) is 19.5. The van der Waals surface area contributed by atoms with Crippen molar-refractivity contribution in [2.24, 2.45) is 0 Å². The molecule has 0 atom stereocenters. The minimum Gasteiger partial charge on any atom is -0.492 e. The first kappa shape index (κ1) is 24.2. The highest BCUT2D eigenvalue weighted by atomic mass is 16.5. The van der Waals surface area contributed by atoms with E-state index in [1.807, 2.05) is 26.0 Å². The Labute approximate surface area is 193 Å². The van der Waals surface area contributed by atoms with Crippen molar-refractivity contribution in [3.8, 4) is 11.5 Å². The first-order valence-corrected chi connectivity index (χ1v) is 10.9. The normalized spacial score (nSPS) is 15.9. The largest absolute Gasteiger partial charge is 0.492 e. The molecule has 0 radical (unpaired) electrons. The van der Waals surface area contributed by atoms with Crippen LogP contribution < -0.4 is 19.3 Å². The third-order valence-electron chi connectivity index (χ3n) is 5.14. The molecular weight excluding hydrogens is 428 g/mol. The molecular formula is C24H30N2O7. The van der Waals surface area contributed by atoms with E-state index >= 15 is 0 Å². The van der Waals surface area contributed by atoms with E-state index in [2.05, 4.69) is 4.90 Å². The predicted molar refractivity (Wildman–Crippen MR) is 124 cm³/mol. The number of hydrogen-bond donors (Lipinski definition) is 0. The Morgan fingerprint density at radius 3 is 2.12 bits per heavy atom. The fourth-order valence-corrected chi connectivity index (χ4v) is 3.67. The van der Waals surface area contributed by atoms with Crippen molar-refractivity contribution in [3.63, 3.8) is 0 Å². The summed E-state index contributed by atoms with van der Waals surface area (Å²) in [4.78, 5) is 29.1. The minimum absolute atomic E-state index is 0.0110. The molecule has 0 bridgehead atoms. The lowest BCUT2D eigenvalue weighted by molar-refractivity contribution is -0.139. The molecule has 0 aromatic heterocycles. The summed E-state index contributed by atoms with van der Waals surface area (Å²) in [5, 5.41) is 0. The number of allylic oxidation sites excluding steroid dienone is 2. The van der Waals surface area contributed by atoms with Crippen LogP contribution in [0, 0.1) is 0 Å². The van der Waals surface area contributed by atoms with Crippen LogP contribution in [0.2, 0.25) is 0 Å². The lowest BCUT2D eigenvalue weighted by Gasteiger charge is -2.32. The van der Waals surface area contributed by atoms with E-state index in [-0.39, 0.29) is 11.3 Å². The maximum atomic E-state index is 12.8. The van der Waals surface area contributed by atoms with Crippen molar-refractivity contribution in [2.75, 3.05) is 63.5 Å². The molecule has 1 aromatic rings. The monoisotopic (exact) mass is 458 g/mol. The van der Waals surface area contributed by atoms with Crippen LogP contribution in [-0.2, 0) is 23.8 Å². The summed E-state index contributed by atoms with van der Waals surface area (Å²) in [5.41, 5.74) is 1.48. The van der Waals surface area contributed by atoms with E-state index in [0.717, 1.165) is 18.8 Å². The van der Waals surface area contributed by atoms with Crippen molar-refractivity contribution in [2.45, 2.75) is 13.8 Å². The van der Waals surface area contributed by atoms with E-state index in [0.29, 0.717) is 43.6 Å². The Hall–Kier alpha value is -3.46. The Morgan fingerprint density at radius 2 is 1.52 bits per heavy atom. The number of esters is 2. The standard InChI is InChI=1S/C24H30N2O7/c1-5-32-20-16-19(21(33-6-2)15-18(20)25-11-13-31-14-12-25)26-10-8-7-9-17(23(27)29-3)22(26)24(28)30-4/h7-10,15-16H,5-6,11-14H2,1-4H3. The third-order valence-corrected chi connectivity index (χ3v) is 5.14. The van der Waals surface area contributed by atoms with Gasteiger partial charge in [0.15, 0.2) is 0 Å². The zero-order chi connectivity index (χ0) is 23.8. The summed E-state index contributed by atoms with van der Waals surface area (Å²) in [6.45, 7) is 7.33. The molecule has 2 heterocycles. The molecule has 0 N–H and O–H groups in total. The Kier molecular flexibility index (Phi) is 8.37.